The number of benzene rings is 1. The number of thiocarbonyl (C=S) groups is 1. The van der Waals surface area contributed by atoms with Crippen molar-refractivity contribution in [1.82, 2.24) is 14.8 Å². The molecule has 2 saturated heterocycles. The molecule has 2 aliphatic rings. The van der Waals surface area contributed by atoms with Gasteiger partial charge in [-0.25, -0.2) is 4.39 Å². The van der Waals surface area contributed by atoms with Crippen molar-refractivity contribution in [2.24, 2.45) is 0 Å². The van der Waals surface area contributed by atoms with Gasteiger partial charge in [0.15, 0.2) is 0 Å². The number of hydrogen-bond acceptors (Lipinski definition) is 5. The largest absolute Gasteiger partial charge is 0.334 e. The number of aromatic nitrogens is 1. The number of nitrogens with zero attached hydrogens (tertiary/aromatic N) is 3. The molecular formula is C22H20FN3O2S2. The van der Waals surface area contributed by atoms with Crippen molar-refractivity contribution in [2.75, 3.05) is 13.1 Å². The molecule has 2 fully saturated rings. The first-order valence-electron chi connectivity index (χ1n) is 9.73. The lowest BCUT2D eigenvalue weighted by molar-refractivity contribution is -0.138. The molecule has 0 spiro atoms. The first kappa shape index (κ1) is 20.7. The molecule has 3 heterocycles. The Morgan fingerprint density at radius 1 is 1.30 bits per heavy atom. The van der Waals surface area contributed by atoms with Crippen molar-refractivity contribution >= 4 is 46.2 Å². The molecule has 1 atom stereocenters. The maximum Gasteiger partial charge on any atom is 0.266 e. The SMILES string of the molecule is O=C1C(=Cc2cccc(F)c2)SC(=S)N1CC(=O)N1CCCCC1c1cccnc1. The minimum atomic E-state index is -0.374. The highest BCUT2D eigenvalue weighted by Crippen LogP contribution is 2.34. The molecule has 0 radical (unpaired) electrons. The quantitative estimate of drug-likeness (QED) is 0.526. The number of thioether (sulfide) groups is 1. The Hall–Kier alpha value is -2.58. The zero-order chi connectivity index (χ0) is 21.1. The summed E-state index contributed by atoms with van der Waals surface area (Å²) in [5.74, 6) is -0.828. The fraction of sp³-hybridized carbons (Fsp3) is 0.273. The Morgan fingerprint density at radius 3 is 2.93 bits per heavy atom. The maximum atomic E-state index is 13.4. The summed E-state index contributed by atoms with van der Waals surface area (Å²) in [4.78, 5) is 33.7. The second kappa shape index (κ2) is 9.06. The van der Waals surface area contributed by atoms with E-state index in [4.69, 9.17) is 12.2 Å². The van der Waals surface area contributed by atoms with Crippen LogP contribution in [0.2, 0.25) is 0 Å². The van der Waals surface area contributed by atoms with E-state index in [9.17, 15) is 14.0 Å². The molecule has 2 aliphatic heterocycles. The third-order valence-corrected chi connectivity index (χ3v) is 6.58. The topological polar surface area (TPSA) is 53.5 Å². The number of carbonyl (C=O) groups is 2. The molecule has 2 aromatic rings. The molecule has 0 bridgehead atoms. The van der Waals surface area contributed by atoms with Crippen LogP contribution in [0, 0.1) is 5.82 Å². The molecule has 154 valence electrons. The van der Waals surface area contributed by atoms with Crippen molar-refractivity contribution in [2.45, 2.75) is 25.3 Å². The molecule has 4 rings (SSSR count). The summed E-state index contributed by atoms with van der Waals surface area (Å²) in [6.45, 7) is 0.550. The average molecular weight is 442 g/mol. The van der Waals surface area contributed by atoms with Gasteiger partial charge in [0, 0.05) is 18.9 Å². The third-order valence-electron chi connectivity index (χ3n) is 5.21. The number of amides is 2. The molecule has 0 N–H and O–H groups in total. The van der Waals surface area contributed by atoms with E-state index >= 15 is 0 Å². The second-order valence-corrected chi connectivity index (χ2v) is 8.88. The molecule has 1 unspecified atom stereocenters. The number of hydrogen-bond donors (Lipinski definition) is 0. The van der Waals surface area contributed by atoms with Gasteiger partial charge in [0.05, 0.1) is 10.9 Å². The van der Waals surface area contributed by atoms with Gasteiger partial charge >= 0.3 is 0 Å². The second-order valence-electron chi connectivity index (χ2n) is 7.21. The van der Waals surface area contributed by atoms with Crippen molar-refractivity contribution in [3.05, 3.63) is 70.6 Å². The number of halogens is 1. The normalized spacial score (nSPS) is 20.8. The van der Waals surface area contributed by atoms with Crippen LogP contribution in [0.25, 0.3) is 6.08 Å². The first-order chi connectivity index (χ1) is 14.5. The van der Waals surface area contributed by atoms with Gasteiger partial charge < -0.3 is 4.90 Å². The number of likely N-dealkylation sites (tertiary alicyclic amines) is 1. The van der Waals surface area contributed by atoms with Crippen molar-refractivity contribution in [3.63, 3.8) is 0 Å². The van der Waals surface area contributed by atoms with E-state index in [0.29, 0.717) is 21.3 Å². The van der Waals surface area contributed by atoms with Crippen LogP contribution in [0.15, 0.2) is 53.7 Å². The predicted octanol–water partition coefficient (Wildman–Crippen LogP) is 4.18. The van der Waals surface area contributed by atoms with Crippen LogP contribution in [-0.4, -0.2) is 44.0 Å². The van der Waals surface area contributed by atoms with Crippen LogP contribution in [0.4, 0.5) is 4.39 Å². The predicted molar refractivity (Wildman–Crippen MR) is 119 cm³/mol. The highest BCUT2D eigenvalue weighted by atomic mass is 32.2. The molecule has 0 saturated carbocycles. The monoisotopic (exact) mass is 441 g/mol. The summed E-state index contributed by atoms with van der Waals surface area (Å²) in [5, 5.41) is 0. The summed E-state index contributed by atoms with van der Waals surface area (Å²) in [6.07, 6.45) is 7.95. The van der Waals surface area contributed by atoms with E-state index < -0.39 is 0 Å². The van der Waals surface area contributed by atoms with Crippen molar-refractivity contribution in [1.29, 1.82) is 0 Å². The zero-order valence-electron chi connectivity index (χ0n) is 16.2. The zero-order valence-corrected chi connectivity index (χ0v) is 17.8. The van der Waals surface area contributed by atoms with Gasteiger partial charge in [0.1, 0.15) is 16.7 Å². The van der Waals surface area contributed by atoms with E-state index in [-0.39, 0.29) is 30.2 Å². The van der Waals surface area contributed by atoms with E-state index in [2.05, 4.69) is 4.98 Å². The van der Waals surface area contributed by atoms with E-state index in [1.807, 2.05) is 17.0 Å². The smallest absolute Gasteiger partial charge is 0.266 e. The number of piperidine rings is 1. The van der Waals surface area contributed by atoms with Crippen molar-refractivity contribution in [3.8, 4) is 0 Å². The lowest BCUT2D eigenvalue weighted by Gasteiger charge is -2.36. The van der Waals surface area contributed by atoms with Crippen LogP contribution in [-0.2, 0) is 9.59 Å². The van der Waals surface area contributed by atoms with Crippen LogP contribution < -0.4 is 0 Å². The highest BCUT2D eigenvalue weighted by Gasteiger charge is 2.36. The van der Waals surface area contributed by atoms with E-state index in [0.717, 1.165) is 36.6 Å². The number of rotatable bonds is 4. The Bertz CT molecular complexity index is 1010. The molecule has 8 heteroatoms. The van der Waals surface area contributed by atoms with Gasteiger partial charge in [-0.3, -0.25) is 19.5 Å². The summed E-state index contributed by atoms with van der Waals surface area (Å²) in [6, 6.07) is 9.80. The fourth-order valence-corrected chi connectivity index (χ4v) is 5.01. The van der Waals surface area contributed by atoms with Gasteiger partial charge in [-0.15, -0.1) is 0 Å². The molecule has 1 aromatic heterocycles. The number of pyridine rings is 1. The fourth-order valence-electron chi connectivity index (χ4n) is 3.76. The Balaban J connectivity index is 1.49. The summed E-state index contributed by atoms with van der Waals surface area (Å²) < 4.78 is 13.8. The lowest BCUT2D eigenvalue weighted by atomic mass is 9.96. The first-order valence-corrected chi connectivity index (χ1v) is 11.0. The molecule has 0 aliphatic carbocycles. The molecular weight excluding hydrogens is 421 g/mol. The molecule has 5 nitrogen and oxygen atoms in total. The summed E-state index contributed by atoms with van der Waals surface area (Å²) >= 11 is 6.49. The van der Waals surface area contributed by atoms with Gasteiger partial charge in [0.2, 0.25) is 5.91 Å². The van der Waals surface area contributed by atoms with Gasteiger partial charge in [-0.05, 0) is 54.7 Å². The molecule has 30 heavy (non-hydrogen) atoms. The van der Waals surface area contributed by atoms with Crippen molar-refractivity contribution < 1.29 is 14.0 Å². The van der Waals surface area contributed by atoms with E-state index in [1.165, 1.54) is 17.0 Å². The summed E-state index contributed by atoms with van der Waals surface area (Å²) in [5.41, 5.74) is 1.58. The van der Waals surface area contributed by atoms with Crippen LogP contribution in [0.5, 0.6) is 0 Å². The third kappa shape index (κ3) is 4.44. The standard InChI is InChI=1S/C22H20FN3O2S2/c23-17-7-3-5-15(11-17)12-19-21(28)26(22(29)30-19)14-20(27)25-10-2-1-8-18(25)16-6-4-9-24-13-16/h3-7,9,11-13,18H,1-2,8,10,14H2. The van der Waals surface area contributed by atoms with Gasteiger partial charge in [-0.1, -0.05) is 42.2 Å². The van der Waals surface area contributed by atoms with Gasteiger partial charge in [-0.2, -0.15) is 0 Å². The van der Waals surface area contributed by atoms with Crippen LogP contribution in [0.3, 0.4) is 0 Å². The summed E-state index contributed by atoms with van der Waals surface area (Å²) in [7, 11) is 0. The Labute approximate surface area is 184 Å². The Morgan fingerprint density at radius 2 is 2.17 bits per heavy atom. The minimum absolute atomic E-state index is 0.0406. The van der Waals surface area contributed by atoms with E-state index in [1.54, 1.807) is 30.6 Å². The number of carbonyl (C=O) groups excluding carboxylic acids is 2. The lowest BCUT2D eigenvalue weighted by Crippen LogP contribution is -2.45. The highest BCUT2D eigenvalue weighted by molar-refractivity contribution is 8.26. The molecule has 2 amide bonds. The van der Waals surface area contributed by atoms with Crippen LogP contribution >= 0.6 is 24.0 Å². The Kier molecular flexibility index (Phi) is 6.24. The van der Waals surface area contributed by atoms with Crippen LogP contribution in [0.1, 0.15) is 36.4 Å². The average Bonchev–Trinajstić information content (AvgIpc) is 3.01. The van der Waals surface area contributed by atoms with Gasteiger partial charge in [0.25, 0.3) is 5.91 Å². The maximum absolute atomic E-state index is 13.4. The molecule has 1 aromatic carbocycles. The minimum Gasteiger partial charge on any atom is -0.334 e.